The van der Waals surface area contributed by atoms with Crippen LogP contribution in [0.2, 0.25) is 0 Å². The Kier molecular flexibility index (Phi) is 6.66. The summed E-state index contributed by atoms with van der Waals surface area (Å²) in [5.41, 5.74) is 9.31. The zero-order valence-electron chi connectivity index (χ0n) is 31.3. The van der Waals surface area contributed by atoms with Crippen LogP contribution < -0.4 is 0 Å². The van der Waals surface area contributed by atoms with Crippen molar-refractivity contribution in [2.75, 3.05) is 0 Å². The SMILES string of the molecule is c1ccc2c(-c3c4ccccc4c(-c4ccc(-c5ccc6oc7c8cc9c(cc8ccc7c6c5)sc5ccccc59)c5ccccc45)c4ccccc34)cccc2c1. The highest BCUT2D eigenvalue weighted by Crippen LogP contribution is 2.48. The molecule has 0 bridgehead atoms. The van der Waals surface area contributed by atoms with Gasteiger partial charge < -0.3 is 4.42 Å². The van der Waals surface area contributed by atoms with Crippen LogP contribution in [0.5, 0.6) is 0 Å². The van der Waals surface area contributed by atoms with E-state index in [1.807, 2.05) is 11.3 Å². The second-order valence-electron chi connectivity index (χ2n) is 15.5. The Bertz CT molecular complexity index is 3800. The van der Waals surface area contributed by atoms with Crippen molar-refractivity contribution in [3.63, 3.8) is 0 Å². The molecule has 0 fully saturated rings. The van der Waals surface area contributed by atoms with Crippen molar-refractivity contribution in [2.24, 2.45) is 0 Å². The summed E-state index contributed by atoms with van der Waals surface area (Å²) >= 11 is 1.86. The van der Waals surface area contributed by atoms with Crippen molar-refractivity contribution in [3.8, 4) is 33.4 Å². The van der Waals surface area contributed by atoms with Crippen LogP contribution in [-0.2, 0) is 0 Å². The minimum Gasteiger partial charge on any atom is -0.455 e. The van der Waals surface area contributed by atoms with Gasteiger partial charge in [0.15, 0.2) is 0 Å². The number of fused-ring (bicyclic) bond motifs is 12. The quantitative estimate of drug-likeness (QED) is 0.164. The summed E-state index contributed by atoms with van der Waals surface area (Å²) in [6.45, 7) is 0. The molecule has 0 aliphatic rings. The number of furan rings is 1. The van der Waals surface area contributed by atoms with Crippen LogP contribution in [0.1, 0.15) is 0 Å². The average molecular weight is 753 g/mol. The zero-order chi connectivity index (χ0) is 37.9. The minimum absolute atomic E-state index is 0.909. The Morgan fingerprint density at radius 3 is 1.62 bits per heavy atom. The Morgan fingerprint density at radius 1 is 0.293 bits per heavy atom. The molecule has 0 saturated heterocycles. The summed E-state index contributed by atoms with van der Waals surface area (Å²) < 4.78 is 9.33. The molecule has 0 radical (unpaired) electrons. The molecule has 0 atom stereocenters. The van der Waals surface area contributed by atoms with Gasteiger partial charge in [0.05, 0.1) is 0 Å². The van der Waals surface area contributed by atoms with E-state index in [1.54, 1.807) is 0 Å². The molecule has 0 spiro atoms. The molecule has 1 nitrogen and oxygen atoms in total. The molecule has 0 aliphatic carbocycles. The van der Waals surface area contributed by atoms with Gasteiger partial charge in [0.25, 0.3) is 0 Å². The first-order chi connectivity index (χ1) is 28.8. The second kappa shape index (κ2) is 12.1. The van der Waals surface area contributed by atoms with E-state index in [-0.39, 0.29) is 0 Å². The lowest BCUT2D eigenvalue weighted by molar-refractivity contribution is 0.673. The van der Waals surface area contributed by atoms with Crippen molar-refractivity contribution >= 4 is 107 Å². The molecule has 0 unspecified atom stereocenters. The first-order valence-corrected chi connectivity index (χ1v) is 20.7. The van der Waals surface area contributed by atoms with E-state index in [0.29, 0.717) is 0 Å². The van der Waals surface area contributed by atoms with Gasteiger partial charge in [-0.25, -0.2) is 0 Å². The van der Waals surface area contributed by atoms with Crippen molar-refractivity contribution in [3.05, 3.63) is 194 Å². The Morgan fingerprint density at radius 2 is 0.879 bits per heavy atom. The highest BCUT2D eigenvalue weighted by molar-refractivity contribution is 7.25. The van der Waals surface area contributed by atoms with Gasteiger partial charge in [0.1, 0.15) is 11.2 Å². The van der Waals surface area contributed by atoms with Gasteiger partial charge in [0, 0.05) is 36.3 Å². The van der Waals surface area contributed by atoms with E-state index < -0.39 is 0 Å². The molecular weight excluding hydrogens is 721 g/mol. The number of hydrogen-bond donors (Lipinski definition) is 0. The molecule has 58 heavy (non-hydrogen) atoms. The molecule has 2 heteroatoms. The van der Waals surface area contributed by atoms with Crippen LogP contribution in [-0.4, -0.2) is 0 Å². The van der Waals surface area contributed by atoms with Crippen LogP contribution in [0.15, 0.2) is 199 Å². The van der Waals surface area contributed by atoms with Crippen LogP contribution in [0.3, 0.4) is 0 Å². The second-order valence-corrected chi connectivity index (χ2v) is 16.6. The standard InChI is InChI=1S/C56H32OS/c1-2-14-36-33(12-1)13-11-22-41(36)54-42-18-5-7-20-44(42)55(45-21-8-6-19-43(45)54)46-28-27-37(38-15-3-4-16-39(38)46)34-25-29-51-49(30-34)47-26-24-35-31-53-50(32-48(35)56(47)57-51)40-17-9-10-23-52(40)58-53/h1-32H. The van der Waals surface area contributed by atoms with Crippen LogP contribution >= 0.6 is 11.3 Å². The first kappa shape index (κ1) is 31.9. The van der Waals surface area contributed by atoms with Crippen LogP contribution in [0, 0.1) is 0 Å². The predicted molar refractivity (Wildman–Crippen MR) is 250 cm³/mol. The summed E-state index contributed by atoms with van der Waals surface area (Å²) in [4.78, 5) is 0. The average Bonchev–Trinajstić information content (AvgIpc) is 3.85. The molecule has 13 rings (SSSR count). The normalized spacial score (nSPS) is 12.1. The van der Waals surface area contributed by atoms with E-state index in [2.05, 4.69) is 194 Å². The van der Waals surface area contributed by atoms with Gasteiger partial charge in [-0.15, -0.1) is 11.3 Å². The fourth-order valence-electron chi connectivity index (χ4n) is 9.87. The first-order valence-electron chi connectivity index (χ1n) is 19.9. The molecule has 2 aromatic heterocycles. The molecule has 0 amide bonds. The largest absolute Gasteiger partial charge is 0.455 e. The Labute approximate surface area is 337 Å². The summed E-state index contributed by atoms with van der Waals surface area (Å²) in [6, 6.07) is 71.6. The van der Waals surface area contributed by atoms with Gasteiger partial charge in [0.2, 0.25) is 0 Å². The molecule has 2 heterocycles. The van der Waals surface area contributed by atoms with Gasteiger partial charge >= 0.3 is 0 Å². The lowest BCUT2D eigenvalue weighted by atomic mass is 9.83. The third-order valence-corrected chi connectivity index (χ3v) is 13.6. The van der Waals surface area contributed by atoms with Crippen molar-refractivity contribution < 1.29 is 4.42 Å². The monoisotopic (exact) mass is 752 g/mol. The van der Waals surface area contributed by atoms with E-state index >= 15 is 0 Å². The molecule has 13 aromatic rings. The minimum atomic E-state index is 0.909. The lowest BCUT2D eigenvalue weighted by Crippen LogP contribution is -1.93. The lowest BCUT2D eigenvalue weighted by Gasteiger charge is -2.20. The summed E-state index contributed by atoms with van der Waals surface area (Å²) in [7, 11) is 0. The Balaban J connectivity index is 1.02. The fraction of sp³-hybridized carbons (Fsp3) is 0. The van der Waals surface area contributed by atoms with Crippen molar-refractivity contribution in [2.45, 2.75) is 0 Å². The van der Waals surface area contributed by atoms with E-state index in [1.165, 1.54) is 102 Å². The highest BCUT2D eigenvalue weighted by Gasteiger charge is 2.21. The topological polar surface area (TPSA) is 13.1 Å². The molecule has 11 aromatic carbocycles. The number of benzene rings is 11. The van der Waals surface area contributed by atoms with Crippen LogP contribution in [0.25, 0.3) is 129 Å². The molecule has 0 aliphatic heterocycles. The van der Waals surface area contributed by atoms with Crippen LogP contribution in [0.4, 0.5) is 0 Å². The highest BCUT2D eigenvalue weighted by atomic mass is 32.1. The molecule has 0 N–H and O–H groups in total. The number of thiophene rings is 1. The molecular formula is C56H32OS. The smallest absolute Gasteiger partial charge is 0.143 e. The number of hydrogen-bond acceptors (Lipinski definition) is 2. The maximum Gasteiger partial charge on any atom is 0.143 e. The van der Waals surface area contributed by atoms with Gasteiger partial charge in [-0.3, -0.25) is 0 Å². The summed E-state index contributed by atoms with van der Waals surface area (Å²) in [6.07, 6.45) is 0. The third-order valence-electron chi connectivity index (χ3n) is 12.4. The third kappa shape index (κ3) is 4.52. The number of rotatable bonds is 3. The fourth-order valence-corrected chi connectivity index (χ4v) is 11.0. The molecule has 0 saturated carbocycles. The summed E-state index contributed by atoms with van der Waals surface area (Å²) in [5.74, 6) is 0. The van der Waals surface area contributed by atoms with Gasteiger partial charge in [-0.05, 0) is 118 Å². The van der Waals surface area contributed by atoms with E-state index in [4.69, 9.17) is 4.42 Å². The van der Waals surface area contributed by atoms with Crippen molar-refractivity contribution in [1.82, 2.24) is 0 Å². The maximum absolute atomic E-state index is 6.71. The van der Waals surface area contributed by atoms with Crippen molar-refractivity contribution in [1.29, 1.82) is 0 Å². The predicted octanol–water partition coefficient (Wildman–Crippen LogP) is 16.7. The zero-order valence-corrected chi connectivity index (χ0v) is 32.1. The Hall–Kier alpha value is -7.26. The van der Waals surface area contributed by atoms with E-state index in [9.17, 15) is 0 Å². The summed E-state index contributed by atoms with van der Waals surface area (Å²) in [5, 5.41) is 17.3. The van der Waals surface area contributed by atoms with Gasteiger partial charge in [-0.1, -0.05) is 158 Å². The maximum atomic E-state index is 6.71. The van der Waals surface area contributed by atoms with E-state index in [0.717, 1.165) is 27.3 Å². The molecule has 268 valence electrons. The van der Waals surface area contributed by atoms with Gasteiger partial charge in [-0.2, -0.15) is 0 Å².